The Morgan fingerprint density at radius 3 is 2.45 bits per heavy atom. The molecule has 3 heterocycles. The van der Waals surface area contributed by atoms with Gasteiger partial charge in [0.25, 0.3) is 6.47 Å². The number of carbonyl (C=O) groups is 1. The molecule has 2 N–H and O–H groups in total. The molecular weight excluding hydrogens is 441 g/mol. The lowest BCUT2D eigenvalue weighted by atomic mass is 10.0. The van der Waals surface area contributed by atoms with E-state index < -0.39 is 17.5 Å². The maximum atomic E-state index is 13.0. The molecular formula is C21H25F3N6O3. The smallest absolute Gasteiger partial charge is 0.416 e. The Balaban J connectivity index is 0.000000968. The van der Waals surface area contributed by atoms with E-state index in [0.29, 0.717) is 29.0 Å². The highest BCUT2D eigenvalue weighted by atomic mass is 19.4. The van der Waals surface area contributed by atoms with Crippen LogP contribution >= 0.6 is 0 Å². The first-order valence-electron chi connectivity index (χ1n) is 10.1. The molecule has 1 aliphatic heterocycles. The molecule has 0 radical (unpaired) electrons. The number of likely N-dealkylation sites (tertiary alicyclic amines) is 1. The summed E-state index contributed by atoms with van der Waals surface area (Å²) in [5.41, 5.74) is 0.470. The van der Waals surface area contributed by atoms with Crippen LogP contribution in [0.1, 0.15) is 17.5 Å². The fraction of sp³-hybridized carbons (Fsp3) is 0.429. The highest BCUT2D eigenvalue weighted by Crippen LogP contribution is 2.39. The highest BCUT2D eigenvalue weighted by molar-refractivity contribution is 5.79. The quantitative estimate of drug-likeness (QED) is 0.568. The van der Waals surface area contributed by atoms with E-state index >= 15 is 0 Å². The average Bonchev–Trinajstić information content (AvgIpc) is 3.30. The summed E-state index contributed by atoms with van der Waals surface area (Å²) in [6.45, 7) is 3.22. The number of rotatable bonds is 3. The van der Waals surface area contributed by atoms with Gasteiger partial charge in [0, 0.05) is 26.7 Å². The number of aromatic nitrogens is 4. The summed E-state index contributed by atoms with van der Waals surface area (Å²) in [4.78, 5) is 26.3. The van der Waals surface area contributed by atoms with Crippen molar-refractivity contribution in [3.05, 3.63) is 29.5 Å². The molecule has 1 aromatic carbocycles. The topological polar surface area (TPSA) is 108 Å². The number of likely N-dealkylation sites (N-methyl/N-ethyl adjacent to an activating group) is 2. The Kier molecular flexibility index (Phi) is 6.77. The number of imidazole rings is 1. The third kappa shape index (κ3) is 4.85. The largest absolute Gasteiger partial charge is 0.507 e. The van der Waals surface area contributed by atoms with Gasteiger partial charge in [-0.25, -0.2) is 15.0 Å². The van der Waals surface area contributed by atoms with E-state index in [4.69, 9.17) is 9.90 Å². The third-order valence-corrected chi connectivity index (χ3v) is 5.71. The van der Waals surface area contributed by atoms with Crippen LogP contribution in [-0.4, -0.2) is 74.3 Å². The number of hydrogen-bond acceptors (Lipinski definition) is 7. The summed E-state index contributed by atoms with van der Waals surface area (Å²) in [5.74, 6) is 0.516. The van der Waals surface area contributed by atoms with Crippen molar-refractivity contribution in [2.45, 2.75) is 25.6 Å². The van der Waals surface area contributed by atoms with Crippen LogP contribution in [0.25, 0.3) is 22.7 Å². The van der Waals surface area contributed by atoms with Gasteiger partial charge < -0.3 is 24.6 Å². The van der Waals surface area contributed by atoms with E-state index in [0.717, 1.165) is 31.6 Å². The zero-order valence-corrected chi connectivity index (χ0v) is 18.6. The Morgan fingerprint density at radius 2 is 1.91 bits per heavy atom. The van der Waals surface area contributed by atoms with Crippen LogP contribution < -0.4 is 4.90 Å². The van der Waals surface area contributed by atoms with Crippen LogP contribution in [0.3, 0.4) is 0 Å². The number of phenolic OH excluding ortho intramolecular Hbond substituents is 1. The molecule has 2 aromatic heterocycles. The van der Waals surface area contributed by atoms with Crippen molar-refractivity contribution >= 4 is 23.6 Å². The van der Waals surface area contributed by atoms with Crippen LogP contribution in [0, 0.1) is 6.92 Å². The molecule has 178 valence electrons. The summed E-state index contributed by atoms with van der Waals surface area (Å²) in [6, 6.07) is 2.05. The second-order valence-electron chi connectivity index (χ2n) is 7.98. The first-order valence-corrected chi connectivity index (χ1v) is 10.1. The molecule has 33 heavy (non-hydrogen) atoms. The van der Waals surface area contributed by atoms with E-state index in [1.54, 1.807) is 17.8 Å². The predicted octanol–water partition coefficient (Wildman–Crippen LogP) is 2.90. The van der Waals surface area contributed by atoms with E-state index in [1.807, 2.05) is 7.05 Å². The lowest BCUT2D eigenvalue weighted by molar-refractivity contribution is -0.137. The van der Waals surface area contributed by atoms with Crippen molar-refractivity contribution in [1.82, 2.24) is 24.4 Å². The van der Waals surface area contributed by atoms with Crippen molar-refractivity contribution in [2.24, 2.45) is 7.05 Å². The maximum absolute atomic E-state index is 13.0. The predicted molar refractivity (Wildman–Crippen MR) is 116 cm³/mol. The lowest BCUT2D eigenvalue weighted by Gasteiger charge is -2.24. The van der Waals surface area contributed by atoms with Crippen molar-refractivity contribution in [2.75, 3.05) is 32.1 Å². The van der Waals surface area contributed by atoms with Gasteiger partial charge in [-0.2, -0.15) is 13.2 Å². The fourth-order valence-corrected chi connectivity index (χ4v) is 3.98. The number of carboxylic acid groups (broad SMARTS) is 1. The Bertz CT molecular complexity index is 1140. The van der Waals surface area contributed by atoms with Gasteiger partial charge in [0.1, 0.15) is 17.4 Å². The van der Waals surface area contributed by atoms with E-state index in [2.05, 4.69) is 31.8 Å². The summed E-state index contributed by atoms with van der Waals surface area (Å²) >= 11 is 0. The minimum Gasteiger partial charge on any atom is -0.507 e. The van der Waals surface area contributed by atoms with E-state index in [-0.39, 0.29) is 17.6 Å². The Morgan fingerprint density at radius 1 is 1.24 bits per heavy atom. The Labute approximate surface area is 188 Å². The zero-order valence-electron chi connectivity index (χ0n) is 18.6. The monoisotopic (exact) mass is 466 g/mol. The van der Waals surface area contributed by atoms with Gasteiger partial charge in [-0.1, -0.05) is 0 Å². The number of benzene rings is 1. The molecule has 1 atom stereocenters. The summed E-state index contributed by atoms with van der Waals surface area (Å²) in [7, 11) is 5.74. The third-order valence-electron chi connectivity index (χ3n) is 5.71. The molecule has 9 nitrogen and oxygen atoms in total. The van der Waals surface area contributed by atoms with Gasteiger partial charge in [0.15, 0.2) is 11.3 Å². The number of nitrogens with zero attached hydrogens (tertiary/aromatic N) is 6. The molecule has 1 saturated heterocycles. The summed E-state index contributed by atoms with van der Waals surface area (Å²) < 4.78 is 40.8. The van der Waals surface area contributed by atoms with Crippen molar-refractivity contribution in [1.29, 1.82) is 0 Å². The minimum atomic E-state index is -4.54. The SMILES string of the molecule is Cc1cc(C(F)(F)F)cc(O)c1-c1nc2nc(N(C)C3CCN(C)C3)cnc2n1C.O=CO. The standard InChI is InChI=1S/C20H23F3N6O.CH2O2/c1-11-7-12(20(21,22)23)8-14(30)16(11)18-26-17-19(29(18)4)24-9-15(25-17)28(3)13-5-6-27(2)10-13;2-1-3/h7-9,13,30H,5-6,10H2,1-4H3;1H,(H,2,3). The number of aryl methyl sites for hydroxylation is 2. The molecule has 0 spiro atoms. The molecule has 3 aromatic rings. The number of alkyl halides is 3. The summed E-state index contributed by atoms with van der Waals surface area (Å²) in [5, 5.41) is 17.2. The van der Waals surface area contributed by atoms with Crippen LogP contribution in [0.5, 0.6) is 5.75 Å². The molecule has 1 unspecified atom stereocenters. The number of anilines is 1. The van der Waals surface area contributed by atoms with Crippen LogP contribution in [0.2, 0.25) is 0 Å². The number of fused-ring (bicyclic) bond motifs is 1. The van der Waals surface area contributed by atoms with E-state index in [9.17, 15) is 18.3 Å². The molecule has 1 aliphatic rings. The van der Waals surface area contributed by atoms with E-state index in [1.165, 1.54) is 6.92 Å². The molecule has 4 rings (SSSR count). The average molecular weight is 466 g/mol. The second-order valence-corrected chi connectivity index (χ2v) is 7.98. The first-order chi connectivity index (χ1) is 15.5. The van der Waals surface area contributed by atoms with Gasteiger partial charge in [0.05, 0.1) is 17.3 Å². The van der Waals surface area contributed by atoms with Crippen molar-refractivity contribution in [3.8, 4) is 17.1 Å². The van der Waals surface area contributed by atoms with Gasteiger partial charge >= 0.3 is 6.18 Å². The second kappa shape index (κ2) is 9.22. The highest BCUT2D eigenvalue weighted by Gasteiger charge is 2.32. The normalized spacial score (nSPS) is 16.5. The first kappa shape index (κ1) is 24.2. The van der Waals surface area contributed by atoms with Crippen molar-refractivity contribution < 1.29 is 28.2 Å². The number of phenols is 1. The molecule has 1 fully saturated rings. The van der Waals surface area contributed by atoms with Gasteiger partial charge in [-0.05, 0) is 44.6 Å². The Hall–Kier alpha value is -3.41. The lowest BCUT2D eigenvalue weighted by Crippen LogP contribution is -2.34. The van der Waals surface area contributed by atoms with Crippen LogP contribution in [0.15, 0.2) is 18.3 Å². The van der Waals surface area contributed by atoms with Crippen LogP contribution in [-0.2, 0) is 18.0 Å². The van der Waals surface area contributed by atoms with Gasteiger partial charge in [0.2, 0.25) is 0 Å². The number of hydrogen-bond donors (Lipinski definition) is 2. The molecule has 0 saturated carbocycles. The minimum absolute atomic E-state index is 0.234. The molecule has 0 aliphatic carbocycles. The van der Waals surface area contributed by atoms with Gasteiger partial charge in [-0.15, -0.1) is 0 Å². The fourth-order valence-electron chi connectivity index (χ4n) is 3.98. The zero-order chi connectivity index (χ0) is 24.5. The molecule has 12 heteroatoms. The molecule has 0 bridgehead atoms. The maximum Gasteiger partial charge on any atom is 0.416 e. The van der Waals surface area contributed by atoms with Crippen LogP contribution in [0.4, 0.5) is 19.0 Å². The van der Waals surface area contributed by atoms with Crippen molar-refractivity contribution in [3.63, 3.8) is 0 Å². The summed E-state index contributed by atoms with van der Waals surface area (Å²) in [6.07, 6.45) is -1.84. The number of aromatic hydroxyl groups is 1. The molecule has 0 amide bonds. The van der Waals surface area contributed by atoms with Gasteiger partial charge in [-0.3, -0.25) is 4.79 Å². The number of halogens is 3.